The van der Waals surface area contributed by atoms with Crippen molar-refractivity contribution in [2.45, 2.75) is 13.5 Å². The summed E-state index contributed by atoms with van der Waals surface area (Å²) in [6.45, 7) is 2.60. The lowest BCUT2D eigenvalue weighted by molar-refractivity contribution is 0.714. The van der Waals surface area contributed by atoms with Gasteiger partial charge in [0.25, 0.3) is 5.56 Å². The Bertz CT molecular complexity index is 529. The summed E-state index contributed by atoms with van der Waals surface area (Å²) in [6.07, 6.45) is 5.35. The summed E-state index contributed by atoms with van der Waals surface area (Å²) >= 11 is 3.33. The summed E-state index contributed by atoms with van der Waals surface area (Å²) in [7, 11) is 0. The van der Waals surface area contributed by atoms with Crippen LogP contribution >= 0.6 is 15.9 Å². The van der Waals surface area contributed by atoms with Crippen LogP contribution < -0.4 is 5.56 Å². The predicted molar refractivity (Wildman–Crippen MR) is 61.2 cm³/mol. The van der Waals surface area contributed by atoms with Crippen molar-refractivity contribution in [2.24, 2.45) is 0 Å². The lowest BCUT2D eigenvalue weighted by Gasteiger charge is -2.05. The number of halogens is 1. The molecule has 0 aliphatic rings. The number of hydrogen-bond acceptors (Lipinski definition) is 2. The fraction of sp³-hybridized carbons (Fsp3) is 0.200. The van der Waals surface area contributed by atoms with Gasteiger partial charge in [0, 0.05) is 25.0 Å². The van der Waals surface area contributed by atoms with Crippen LogP contribution in [0, 0.1) is 0 Å². The van der Waals surface area contributed by atoms with Gasteiger partial charge in [-0.05, 0) is 28.9 Å². The molecule has 15 heavy (non-hydrogen) atoms. The summed E-state index contributed by atoms with van der Waals surface area (Å²) in [6, 6.07) is 3.31. The summed E-state index contributed by atoms with van der Waals surface area (Å²) in [5, 5.41) is 4.15. The number of pyridine rings is 1. The maximum absolute atomic E-state index is 11.4. The van der Waals surface area contributed by atoms with Gasteiger partial charge in [0.15, 0.2) is 0 Å². The van der Waals surface area contributed by atoms with Crippen LogP contribution in [0.3, 0.4) is 0 Å². The zero-order valence-electron chi connectivity index (χ0n) is 8.22. The van der Waals surface area contributed by atoms with Crippen molar-refractivity contribution < 1.29 is 0 Å². The van der Waals surface area contributed by atoms with Crippen LogP contribution in [0.1, 0.15) is 6.92 Å². The van der Waals surface area contributed by atoms with E-state index in [0.29, 0.717) is 6.54 Å². The molecule has 0 aromatic carbocycles. The fourth-order valence-electron chi connectivity index (χ4n) is 1.34. The van der Waals surface area contributed by atoms with Gasteiger partial charge in [-0.25, -0.2) is 4.68 Å². The van der Waals surface area contributed by atoms with E-state index in [2.05, 4.69) is 21.0 Å². The predicted octanol–water partition coefficient (Wildman–Crippen LogP) is 1.82. The van der Waals surface area contributed by atoms with Crippen molar-refractivity contribution in [1.29, 1.82) is 0 Å². The van der Waals surface area contributed by atoms with E-state index in [4.69, 9.17) is 0 Å². The zero-order valence-corrected chi connectivity index (χ0v) is 9.81. The van der Waals surface area contributed by atoms with E-state index in [1.807, 2.05) is 13.1 Å². The Morgan fingerprint density at radius 2 is 2.20 bits per heavy atom. The van der Waals surface area contributed by atoms with Crippen LogP contribution in [0.4, 0.5) is 0 Å². The van der Waals surface area contributed by atoms with Crippen LogP contribution in [0.15, 0.2) is 40.0 Å². The van der Waals surface area contributed by atoms with Gasteiger partial charge in [-0.15, -0.1) is 0 Å². The Morgan fingerprint density at radius 1 is 1.40 bits per heavy atom. The van der Waals surface area contributed by atoms with Crippen molar-refractivity contribution in [3.63, 3.8) is 0 Å². The van der Waals surface area contributed by atoms with Crippen molar-refractivity contribution >= 4 is 15.9 Å². The maximum Gasteiger partial charge on any atom is 0.250 e. The quantitative estimate of drug-likeness (QED) is 0.833. The Kier molecular flexibility index (Phi) is 2.73. The number of aromatic nitrogens is 3. The summed E-state index contributed by atoms with van der Waals surface area (Å²) in [5.74, 6) is 0. The molecule has 0 fully saturated rings. The van der Waals surface area contributed by atoms with Gasteiger partial charge in [-0.3, -0.25) is 4.79 Å². The topological polar surface area (TPSA) is 39.8 Å². The second-order valence-corrected chi connectivity index (χ2v) is 4.03. The molecule has 0 bridgehead atoms. The fourth-order valence-corrected chi connectivity index (χ4v) is 1.63. The average Bonchev–Trinajstić information content (AvgIpc) is 2.66. The summed E-state index contributed by atoms with van der Waals surface area (Å²) in [5.41, 5.74) is 0.884. The molecule has 78 valence electrons. The van der Waals surface area contributed by atoms with E-state index >= 15 is 0 Å². The highest BCUT2D eigenvalue weighted by Crippen LogP contribution is 2.10. The van der Waals surface area contributed by atoms with E-state index in [-0.39, 0.29) is 5.56 Å². The minimum Gasteiger partial charge on any atom is -0.314 e. The van der Waals surface area contributed by atoms with Crippen LogP contribution in [-0.2, 0) is 6.54 Å². The van der Waals surface area contributed by atoms with Crippen LogP contribution in [0.5, 0.6) is 0 Å². The van der Waals surface area contributed by atoms with Gasteiger partial charge in [-0.2, -0.15) is 5.10 Å². The molecule has 4 nitrogen and oxygen atoms in total. The van der Waals surface area contributed by atoms with Crippen molar-refractivity contribution in [2.75, 3.05) is 0 Å². The van der Waals surface area contributed by atoms with Gasteiger partial charge in [0.05, 0.1) is 16.4 Å². The third-order valence-corrected chi connectivity index (χ3v) is 2.53. The average molecular weight is 268 g/mol. The minimum absolute atomic E-state index is 0.00692. The third kappa shape index (κ3) is 2.02. The molecule has 2 aromatic rings. The lowest BCUT2D eigenvalue weighted by Crippen LogP contribution is -2.18. The molecule has 0 amide bonds. The van der Waals surface area contributed by atoms with Crippen molar-refractivity contribution in [3.05, 3.63) is 45.5 Å². The first kappa shape index (κ1) is 10.2. The molecule has 0 radical (unpaired) electrons. The molecule has 0 saturated carbocycles. The van der Waals surface area contributed by atoms with E-state index in [0.717, 1.165) is 10.2 Å². The SMILES string of the molecule is CCn1cc(-n2cc(Br)cn2)ccc1=O. The molecule has 2 heterocycles. The van der Waals surface area contributed by atoms with E-state index in [1.54, 1.807) is 33.8 Å². The summed E-state index contributed by atoms with van der Waals surface area (Å²) in [4.78, 5) is 11.4. The normalized spacial score (nSPS) is 10.5. The van der Waals surface area contributed by atoms with Gasteiger partial charge >= 0.3 is 0 Å². The molecule has 0 aliphatic carbocycles. The molecule has 0 saturated heterocycles. The molecule has 0 unspecified atom stereocenters. The Morgan fingerprint density at radius 3 is 2.80 bits per heavy atom. The van der Waals surface area contributed by atoms with E-state index in [9.17, 15) is 4.79 Å². The molecule has 5 heteroatoms. The number of rotatable bonds is 2. The second kappa shape index (κ2) is 4.02. The monoisotopic (exact) mass is 267 g/mol. The van der Waals surface area contributed by atoms with Crippen LogP contribution in [0.2, 0.25) is 0 Å². The second-order valence-electron chi connectivity index (χ2n) is 3.11. The van der Waals surface area contributed by atoms with Gasteiger partial charge in [0.2, 0.25) is 0 Å². The Balaban J connectivity index is 2.50. The maximum atomic E-state index is 11.4. The highest BCUT2D eigenvalue weighted by atomic mass is 79.9. The minimum atomic E-state index is 0.00692. The highest BCUT2D eigenvalue weighted by Gasteiger charge is 2.00. The number of nitrogens with zero attached hydrogens (tertiary/aromatic N) is 3. The van der Waals surface area contributed by atoms with Crippen LogP contribution in [-0.4, -0.2) is 14.3 Å². The summed E-state index contributed by atoms with van der Waals surface area (Å²) < 4.78 is 4.28. The largest absolute Gasteiger partial charge is 0.314 e. The molecule has 0 atom stereocenters. The Hall–Kier alpha value is -1.36. The molecule has 0 aliphatic heterocycles. The van der Waals surface area contributed by atoms with Gasteiger partial charge < -0.3 is 4.57 Å². The molecular weight excluding hydrogens is 258 g/mol. The van der Waals surface area contributed by atoms with E-state index < -0.39 is 0 Å². The van der Waals surface area contributed by atoms with E-state index in [1.165, 1.54) is 0 Å². The highest BCUT2D eigenvalue weighted by molar-refractivity contribution is 9.10. The first-order chi connectivity index (χ1) is 7.20. The molecular formula is C10H10BrN3O. The van der Waals surface area contributed by atoms with Crippen molar-refractivity contribution in [1.82, 2.24) is 14.3 Å². The zero-order chi connectivity index (χ0) is 10.8. The smallest absolute Gasteiger partial charge is 0.250 e. The number of hydrogen-bond donors (Lipinski definition) is 0. The van der Waals surface area contributed by atoms with Crippen LogP contribution in [0.25, 0.3) is 5.69 Å². The van der Waals surface area contributed by atoms with Crippen molar-refractivity contribution in [3.8, 4) is 5.69 Å². The first-order valence-corrected chi connectivity index (χ1v) is 5.41. The van der Waals surface area contributed by atoms with Gasteiger partial charge in [0.1, 0.15) is 0 Å². The molecule has 2 aromatic heterocycles. The number of aryl methyl sites for hydroxylation is 1. The molecule has 2 rings (SSSR count). The molecule has 0 spiro atoms. The first-order valence-electron chi connectivity index (χ1n) is 4.61. The Labute approximate surface area is 95.3 Å². The van der Waals surface area contributed by atoms with Gasteiger partial charge in [-0.1, -0.05) is 0 Å². The standard InChI is InChI=1S/C10H10BrN3O/c1-2-13-7-9(3-4-10(13)15)14-6-8(11)5-12-14/h3-7H,2H2,1H3. The third-order valence-electron chi connectivity index (χ3n) is 2.12. The lowest BCUT2D eigenvalue weighted by atomic mass is 10.4. The molecule has 0 N–H and O–H groups in total.